The van der Waals surface area contributed by atoms with Gasteiger partial charge in [-0.2, -0.15) is 0 Å². The van der Waals surface area contributed by atoms with Gasteiger partial charge in [0.15, 0.2) is 0 Å². The van der Waals surface area contributed by atoms with Crippen molar-refractivity contribution in [1.29, 1.82) is 0 Å². The Bertz CT molecular complexity index is 987. The van der Waals surface area contributed by atoms with Gasteiger partial charge in [-0.3, -0.25) is 14.9 Å². The van der Waals surface area contributed by atoms with E-state index in [1.165, 1.54) is 0 Å². The van der Waals surface area contributed by atoms with Gasteiger partial charge in [-0.15, -0.1) is 5.10 Å². The number of aryl methyl sites for hydroxylation is 1. The largest absolute Gasteiger partial charge is 0.481 e. The summed E-state index contributed by atoms with van der Waals surface area (Å²) in [6.45, 7) is 1.50. The fraction of sp³-hybridized carbons (Fsp3) is 0.348. The average Bonchev–Trinajstić information content (AvgIpc) is 3.21. The van der Waals surface area contributed by atoms with Crippen molar-refractivity contribution in [2.45, 2.75) is 38.0 Å². The molecule has 156 valence electrons. The smallest absolute Gasteiger partial charge is 0.303 e. The van der Waals surface area contributed by atoms with Crippen LogP contribution in [0.2, 0.25) is 0 Å². The van der Waals surface area contributed by atoms with Crippen LogP contribution >= 0.6 is 0 Å². The van der Waals surface area contributed by atoms with E-state index in [1.807, 2.05) is 42.5 Å². The van der Waals surface area contributed by atoms with Gasteiger partial charge in [-0.1, -0.05) is 30.3 Å². The highest BCUT2D eigenvalue weighted by atomic mass is 16.5. The third-order valence-electron chi connectivity index (χ3n) is 5.31. The Kier molecular flexibility index (Phi) is 6.27. The van der Waals surface area contributed by atoms with Crippen molar-refractivity contribution in [2.24, 2.45) is 0 Å². The molecule has 3 heterocycles. The zero-order chi connectivity index (χ0) is 20.8. The minimum absolute atomic E-state index is 0.0675. The molecule has 7 nitrogen and oxygen atoms in total. The Hall–Kier alpha value is -3.35. The van der Waals surface area contributed by atoms with E-state index in [4.69, 9.17) is 9.72 Å². The van der Waals surface area contributed by atoms with Crippen LogP contribution in [0.3, 0.4) is 0 Å². The van der Waals surface area contributed by atoms with Gasteiger partial charge in [0.05, 0.1) is 24.4 Å². The highest BCUT2D eigenvalue weighted by molar-refractivity contribution is 5.68. The molecular weight excluding hydrogens is 380 g/mol. The monoisotopic (exact) mass is 406 g/mol. The molecule has 0 amide bonds. The highest BCUT2D eigenvalue weighted by Crippen LogP contribution is 2.25. The van der Waals surface area contributed by atoms with Gasteiger partial charge in [0.2, 0.25) is 5.88 Å². The normalized spacial score (nSPS) is 13.9. The minimum Gasteiger partial charge on any atom is -0.481 e. The second-order valence-electron chi connectivity index (χ2n) is 7.57. The number of pyridine rings is 1. The fourth-order valence-electron chi connectivity index (χ4n) is 3.80. The zero-order valence-electron chi connectivity index (χ0n) is 16.8. The Morgan fingerprint density at radius 1 is 1.20 bits per heavy atom. The number of carboxylic acids is 1. The predicted molar refractivity (Wildman–Crippen MR) is 114 cm³/mol. The molecule has 4 rings (SSSR count). The summed E-state index contributed by atoms with van der Waals surface area (Å²) in [6, 6.07) is 15.7. The Labute approximate surface area is 175 Å². The predicted octanol–water partition coefficient (Wildman–Crippen LogP) is 3.59. The molecular formula is C23H26N4O3. The summed E-state index contributed by atoms with van der Waals surface area (Å²) in [5.41, 5.74) is 5.14. The third kappa shape index (κ3) is 5.17. The first-order valence-corrected chi connectivity index (χ1v) is 10.3. The number of anilines is 1. The third-order valence-corrected chi connectivity index (χ3v) is 5.31. The van der Waals surface area contributed by atoms with Gasteiger partial charge in [0.25, 0.3) is 0 Å². The molecule has 1 aromatic carbocycles. The van der Waals surface area contributed by atoms with E-state index in [2.05, 4.69) is 21.6 Å². The lowest BCUT2D eigenvalue weighted by Gasteiger charge is -2.17. The quantitative estimate of drug-likeness (QED) is 0.502. The van der Waals surface area contributed by atoms with E-state index in [-0.39, 0.29) is 12.3 Å². The molecule has 1 aliphatic rings. The molecule has 3 aromatic rings. The maximum atomic E-state index is 11.3. The van der Waals surface area contributed by atoms with Crippen LogP contribution in [0, 0.1) is 0 Å². The van der Waals surface area contributed by atoms with Gasteiger partial charge in [0.1, 0.15) is 0 Å². The van der Waals surface area contributed by atoms with Gasteiger partial charge in [-0.05, 0) is 42.9 Å². The van der Waals surface area contributed by atoms with Crippen LogP contribution in [-0.2, 0) is 24.1 Å². The van der Waals surface area contributed by atoms with Crippen molar-refractivity contribution in [3.05, 3.63) is 71.2 Å². The second-order valence-corrected chi connectivity index (χ2v) is 7.57. The topological polar surface area (TPSA) is 100 Å². The molecule has 1 unspecified atom stereocenters. The van der Waals surface area contributed by atoms with E-state index in [9.17, 15) is 9.90 Å². The number of aliphatic carboxylic acids is 1. The van der Waals surface area contributed by atoms with Crippen LogP contribution in [0.1, 0.15) is 41.4 Å². The number of ether oxygens (including phenoxy) is 1. The number of aromatic amines is 1. The molecule has 0 radical (unpaired) electrons. The molecule has 0 aliphatic carbocycles. The molecule has 30 heavy (non-hydrogen) atoms. The summed E-state index contributed by atoms with van der Waals surface area (Å²) < 4.78 is 5.79. The summed E-state index contributed by atoms with van der Waals surface area (Å²) in [6.07, 6.45) is 3.46. The number of hydrogen-bond acceptors (Lipinski definition) is 5. The first kappa shape index (κ1) is 19.9. The summed E-state index contributed by atoms with van der Waals surface area (Å²) in [5.74, 6) is -0.412. The molecule has 2 aromatic heterocycles. The molecule has 1 atom stereocenters. The SMILES string of the molecule is O=C(O)CC(Cc1cc(OCCc2ccc3c(n2)CCCN3)n[nH]1)c1ccccc1. The Morgan fingerprint density at radius 3 is 2.90 bits per heavy atom. The van der Waals surface area contributed by atoms with Crippen molar-refractivity contribution < 1.29 is 14.6 Å². The number of fused-ring (bicyclic) bond motifs is 1. The molecule has 7 heteroatoms. The zero-order valence-corrected chi connectivity index (χ0v) is 16.8. The number of benzene rings is 1. The van der Waals surface area contributed by atoms with Gasteiger partial charge < -0.3 is 15.2 Å². The second kappa shape index (κ2) is 9.43. The maximum absolute atomic E-state index is 11.3. The van der Waals surface area contributed by atoms with E-state index in [1.54, 1.807) is 0 Å². The van der Waals surface area contributed by atoms with Crippen molar-refractivity contribution in [1.82, 2.24) is 15.2 Å². The highest BCUT2D eigenvalue weighted by Gasteiger charge is 2.18. The first-order chi connectivity index (χ1) is 14.7. The van der Waals surface area contributed by atoms with Gasteiger partial charge in [0, 0.05) is 30.4 Å². The molecule has 0 fully saturated rings. The summed E-state index contributed by atoms with van der Waals surface area (Å²) in [4.78, 5) is 16.0. The van der Waals surface area contributed by atoms with Crippen LogP contribution in [0.4, 0.5) is 5.69 Å². The number of hydrogen-bond donors (Lipinski definition) is 3. The number of nitrogens with one attached hydrogen (secondary N) is 2. The van der Waals surface area contributed by atoms with Crippen molar-refractivity contribution >= 4 is 11.7 Å². The van der Waals surface area contributed by atoms with Crippen LogP contribution in [0.15, 0.2) is 48.5 Å². The number of aromatic nitrogens is 3. The lowest BCUT2D eigenvalue weighted by atomic mass is 9.91. The lowest BCUT2D eigenvalue weighted by molar-refractivity contribution is -0.137. The number of carbonyl (C=O) groups is 1. The van der Waals surface area contributed by atoms with E-state index < -0.39 is 5.97 Å². The Morgan fingerprint density at radius 2 is 2.07 bits per heavy atom. The van der Waals surface area contributed by atoms with E-state index in [0.717, 1.165) is 47.7 Å². The molecule has 1 aliphatic heterocycles. The standard InChI is InChI=1S/C23H26N4O3/c28-23(29)14-17(16-5-2-1-3-6-16)13-19-15-22(27-26-19)30-12-10-18-8-9-20-21(25-18)7-4-11-24-20/h1-3,5-6,8-9,15,17,24H,4,7,10-14H2,(H,26,27)(H,28,29). The van der Waals surface area contributed by atoms with Gasteiger partial charge in [-0.25, -0.2) is 0 Å². The fourth-order valence-corrected chi connectivity index (χ4v) is 3.80. The summed E-state index contributed by atoms with van der Waals surface area (Å²) in [5, 5.41) is 19.8. The number of carboxylic acid groups (broad SMARTS) is 1. The van der Waals surface area contributed by atoms with Crippen LogP contribution < -0.4 is 10.1 Å². The maximum Gasteiger partial charge on any atom is 0.303 e. The summed E-state index contributed by atoms with van der Waals surface area (Å²) in [7, 11) is 0. The molecule has 0 spiro atoms. The van der Waals surface area contributed by atoms with Crippen molar-refractivity contribution in [2.75, 3.05) is 18.5 Å². The van der Waals surface area contributed by atoms with Gasteiger partial charge >= 0.3 is 5.97 Å². The van der Waals surface area contributed by atoms with Crippen LogP contribution in [0.5, 0.6) is 5.88 Å². The molecule has 3 N–H and O–H groups in total. The van der Waals surface area contributed by atoms with E-state index in [0.29, 0.717) is 25.3 Å². The minimum atomic E-state index is -0.812. The number of nitrogens with zero attached hydrogens (tertiary/aromatic N) is 2. The van der Waals surface area contributed by atoms with Crippen molar-refractivity contribution in [3.8, 4) is 5.88 Å². The number of H-pyrrole nitrogens is 1. The Balaban J connectivity index is 1.33. The van der Waals surface area contributed by atoms with Crippen LogP contribution in [-0.4, -0.2) is 39.4 Å². The first-order valence-electron chi connectivity index (χ1n) is 10.3. The lowest BCUT2D eigenvalue weighted by Crippen LogP contribution is -2.14. The van der Waals surface area contributed by atoms with Crippen LogP contribution in [0.25, 0.3) is 0 Å². The average molecular weight is 406 g/mol. The number of rotatable bonds is 9. The molecule has 0 saturated carbocycles. The van der Waals surface area contributed by atoms with E-state index >= 15 is 0 Å². The van der Waals surface area contributed by atoms with Crippen molar-refractivity contribution in [3.63, 3.8) is 0 Å². The summed E-state index contributed by atoms with van der Waals surface area (Å²) >= 11 is 0. The molecule has 0 saturated heterocycles. The molecule has 0 bridgehead atoms.